The molecule has 0 aromatic rings. The van der Waals surface area contributed by atoms with Crippen LogP contribution in [-0.4, -0.2) is 25.0 Å². The molecule has 0 bridgehead atoms. The quantitative estimate of drug-likeness (QED) is 0.729. The van der Waals surface area contributed by atoms with Crippen molar-refractivity contribution in [3.63, 3.8) is 0 Å². The van der Waals surface area contributed by atoms with E-state index in [2.05, 4.69) is 38.3 Å². The second kappa shape index (κ2) is 4.97. The van der Waals surface area contributed by atoms with Crippen molar-refractivity contribution in [2.45, 2.75) is 46.6 Å². The summed E-state index contributed by atoms with van der Waals surface area (Å²) in [4.78, 5) is 11.8. The van der Waals surface area contributed by atoms with Crippen LogP contribution in [-0.2, 0) is 4.79 Å². The lowest BCUT2D eigenvalue weighted by molar-refractivity contribution is -0.124. The SMILES string of the molecule is CC1CCNC(C(=O)NCC(C)(C)C)C1. The van der Waals surface area contributed by atoms with Crippen molar-refractivity contribution in [1.82, 2.24) is 10.6 Å². The van der Waals surface area contributed by atoms with E-state index in [0.717, 1.165) is 19.5 Å². The van der Waals surface area contributed by atoms with Gasteiger partial charge in [0, 0.05) is 6.54 Å². The van der Waals surface area contributed by atoms with Gasteiger partial charge in [-0.1, -0.05) is 27.7 Å². The van der Waals surface area contributed by atoms with Gasteiger partial charge in [-0.25, -0.2) is 0 Å². The molecule has 0 aromatic heterocycles. The molecule has 1 aliphatic rings. The Morgan fingerprint density at radius 2 is 2.13 bits per heavy atom. The average Bonchev–Trinajstić information content (AvgIpc) is 2.13. The van der Waals surface area contributed by atoms with Gasteiger partial charge in [0.2, 0.25) is 5.91 Å². The van der Waals surface area contributed by atoms with Crippen LogP contribution in [0.2, 0.25) is 0 Å². The van der Waals surface area contributed by atoms with Crippen molar-refractivity contribution in [1.29, 1.82) is 0 Å². The molecular weight excluding hydrogens is 188 g/mol. The van der Waals surface area contributed by atoms with Gasteiger partial charge >= 0.3 is 0 Å². The molecule has 0 aliphatic carbocycles. The van der Waals surface area contributed by atoms with Gasteiger partial charge in [0.1, 0.15) is 0 Å². The molecule has 0 saturated carbocycles. The first kappa shape index (κ1) is 12.5. The predicted octanol–water partition coefficient (Wildman–Crippen LogP) is 1.54. The number of piperidine rings is 1. The predicted molar refractivity (Wildman–Crippen MR) is 62.7 cm³/mol. The number of rotatable bonds is 2. The second-order valence-electron chi connectivity index (χ2n) is 5.91. The highest BCUT2D eigenvalue weighted by Crippen LogP contribution is 2.16. The van der Waals surface area contributed by atoms with E-state index >= 15 is 0 Å². The fraction of sp³-hybridized carbons (Fsp3) is 0.917. The summed E-state index contributed by atoms with van der Waals surface area (Å²) < 4.78 is 0. The summed E-state index contributed by atoms with van der Waals surface area (Å²) in [6.07, 6.45) is 2.15. The van der Waals surface area contributed by atoms with Gasteiger partial charge in [-0.3, -0.25) is 4.79 Å². The molecule has 1 amide bonds. The second-order valence-corrected chi connectivity index (χ2v) is 5.91. The Bertz CT molecular complexity index is 220. The Labute approximate surface area is 93.0 Å². The summed E-state index contributed by atoms with van der Waals surface area (Å²) >= 11 is 0. The van der Waals surface area contributed by atoms with Gasteiger partial charge in [-0.15, -0.1) is 0 Å². The molecule has 3 heteroatoms. The molecular formula is C12H24N2O. The summed E-state index contributed by atoms with van der Waals surface area (Å²) in [5, 5.41) is 6.28. The van der Waals surface area contributed by atoms with E-state index in [1.165, 1.54) is 6.42 Å². The largest absolute Gasteiger partial charge is 0.354 e. The van der Waals surface area contributed by atoms with Gasteiger partial charge in [-0.2, -0.15) is 0 Å². The maximum atomic E-state index is 11.8. The van der Waals surface area contributed by atoms with Crippen LogP contribution in [0.25, 0.3) is 0 Å². The summed E-state index contributed by atoms with van der Waals surface area (Å²) in [6, 6.07) is 0.0242. The molecule has 88 valence electrons. The van der Waals surface area contributed by atoms with Crippen LogP contribution in [0.4, 0.5) is 0 Å². The topological polar surface area (TPSA) is 41.1 Å². The van der Waals surface area contributed by atoms with Crippen LogP contribution < -0.4 is 10.6 Å². The lowest BCUT2D eigenvalue weighted by Crippen LogP contribution is -2.49. The normalized spacial score (nSPS) is 27.5. The molecule has 0 radical (unpaired) electrons. The molecule has 0 aromatic carbocycles. The van der Waals surface area contributed by atoms with Gasteiger partial charge in [0.05, 0.1) is 6.04 Å². The lowest BCUT2D eigenvalue weighted by Gasteiger charge is -2.28. The molecule has 2 unspecified atom stereocenters. The lowest BCUT2D eigenvalue weighted by atomic mass is 9.93. The summed E-state index contributed by atoms with van der Waals surface area (Å²) in [5.74, 6) is 0.827. The Balaban J connectivity index is 2.33. The van der Waals surface area contributed by atoms with Gasteiger partial charge in [-0.05, 0) is 30.7 Å². The molecule has 1 aliphatic heterocycles. The highest BCUT2D eigenvalue weighted by Gasteiger charge is 2.25. The summed E-state index contributed by atoms with van der Waals surface area (Å²) in [6.45, 7) is 10.3. The standard InChI is InChI=1S/C12H24N2O/c1-9-5-6-13-10(7-9)11(15)14-8-12(2,3)4/h9-10,13H,5-8H2,1-4H3,(H,14,15). The monoisotopic (exact) mass is 212 g/mol. The number of amides is 1. The smallest absolute Gasteiger partial charge is 0.237 e. The van der Waals surface area contributed by atoms with Gasteiger partial charge in [0.25, 0.3) is 0 Å². The number of nitrogens with one attached hydrogen (secondary N) is 2. The molecule has 1 saturated heterocycles. The van der Waals surface area contributed by atoms with E-state index < -0.39 is 0 Å². The van der Waals surface area contributed by atoms with Crippen LogP contribution in [0.5, 0.6) is 0 Å². The zero-order chi connectivity index (χ0) is 11.5. The molecule has 3 nitrogen and oxygen atoms in total. The molecule has 15 heavy (non-hydrogen) atoms. The third kappa shape index (κ3) is 4.65. The first-order chi connectivity index (χ1) is 6.88. The van der Waals surface area contributed by atoms with Crippen LogP contribution in [0, 0.1) is 11.3 Å². The van der Waals surface area contributed by atoms with Crippen LogP contribution in [0.15, 0.2) is 0 Å². The number of carbonyl (C=O) groups is 1. The fourth-order valence-electron chi connectivity index (χ4n) is 1.78. The zero-order valence-electron chi connectivity index (χ0n) is 10.4. The van der Waals surface area contributed by atoms with E-state index in [4.69, 9.17) is 0 Å². The first-order valence-corrected chi connectivity index (χ1v) is 5.89. The zero-order valence-corrected chi connectivity index (χ0v) is 10.4. The molecule has 1 rings (SSSR count). The van der Waals surface area contributed by atoms with E-state index in [9.17, 15) is 4.79 Å². The van der Waals surface area contributed by atoms with Crippen molar-refractivity contribution in [3.8, 4) is 0 Å². The number of hydrogen-bond acceptors (Lipinski definition) is 2. The summed E-state index contributed by atoms with van der Waals surface area (Å²) in [5.41, 5.74) is 0.163. The third-order valence-corrected chi connectivity index (χ3v) is 2.78. The highest BCUT2D eigenvalue weighted by atomic mass is 16.2. The molecule has 1 heterocycles. The van der Waals surface area contributed by atoms with E-state index in [1.54, 1.807) is 0 Å². The summed E-state index contributed by atoms with van der Waals surface area (Å²) in [7, 11) is 0. The average molecular weight is 212 g/mol. The Hall–Kier alpha value is -0.570. The fourth-order valence-corrected chi connectivity index (χ4v) is 1.78. The molecule has 1 fully saturated rings. The highest BCUT2D eigenvalue weighted by molar-refractivity contribution is 5.81. The Kier molecular flexibility index (Phi) is 4.14. The molecule has 0 spiro atoms. The van der Waals surface area contributed by atoms with Gasteiger partial charge in [0.15, 0.2) is 0 Å². The Morgan fingerprint density at radius 1 is 1.47 bits per heavy atom. The van der Waals surface area contributed by atoms with Crippen molar-refractivity contribution in [2.24, 2.45) is 11.3 Å². The minimum Gasteiger partial charge on any atom is -0.354 e. The van der Waals surface area contributed by atoms with E-state index in [1.807, 2.05) is 0 Å². The maximum absolute atomic E-state index is 11.8. The van der Waals surface area contributed by atoms with Crippen LogP contribution in [0.1, 0.15) is 40.5 Å². The number of hydrogen-bond donors (Lipinski definition) is 2. The third-order valence-electron chi connectivity index (χ3n) is 2.78. The molecule has 2 atom stereocenters. The number of carbonyl (C=O) groups excluding carboxylic acids is 1. The van der Waals surface area contributed by atoms with Crippen molar-refractivity contribution in [3.05, 3.63) is 0 Å². The Morgan fingerprint density at radius 3 is 2.67 bits per heavy atom. The van der Waals surface area contributed by atoms with Crippen molar-refractivity contribution >= 4 is 5.91 Å². The van der Waals surface area contributed by atoms with Crippen molar-refractivity contribution < 1.29 is 4.79 Å². The minimum atomic E-state index is 0.0242. The van der Waals surface area contributed by atoms with Crippen molar-refractivity contribution in [2.75, 3.05) is 13.1 Å². The van der Waals surface area contributed by atoms with Gasteiger partial charge < -0.3 is 10.6 Å². The first-order valence-electron chi connectivity index (χ1n) is 5.89. The van der Waals surface area contributed by atoms with E-state index in [-0.39, 0.29) is 17.4 Å². The molecule has 2 N–H and O–H groups in total. The minimum absolute atomic E-state index is 0.0242. The van der Waals surface area contributed by atoms with Crippen LogP contribution in [0.3, 0.4) is 0 Å². The maximum Gasteiger partial charge on any atom is 0.237 e. The van der Waals surface area contributed by atoms with E-state index in [0.29, 0.717) is 5.92 Å². The van der Waals surface area contributed by atoms with Crippen LogP contribution >= 0.6 is 0 Å².